The lowest BCUT2D eigenvalue weighted by Crippen LogP contribution is -2.41. The Bertz CT molecular complexity index is 1220. The Morgan fingerprint density at radius 3 is 2.32 bits per heavy atom. The predicted octanol–water partition coefficient (Wildman–Crippen LogP) is 3.45. The summed E-state index contributed by atoms with van der Waals surface area (Å²) in [7, 11) is 0. The number of hydrogen-bond donors (Lipinski definition) is 3. The highest BCUT2D eigenvalue weighted by Gasteiger charge is 2.46. The van der Waals surface area contributed by atoms with E-state index in [1.54, 1.807) is 0 Å². The van der Waals surface area contributed by atoms with Gasteiger partial charge in [-0.15, -0.1) is 0 Å². The highest BCUT2D eigenvalue weighted by atomic mass is 16.5. The maximum atomic E-state index is 12.6. The largest absolute Gasteiger partial charge is 0.476 e. The molecule has 3 N–H and O–H groups in total. The monoisotopic (exact) mass is 461 g/mol. The van der Waals surface area contributed by atoms with Crippen molar-refractivity contribution < 1.29 is 28.6 Å². The van der Waals surface area contributed by atoms with Gasteiger partial charge in [0, 0.05) is 12.3 Å². The topological polar surface area (TPSA) is 131 Å². The van der Waals surface area contributed by atoms with Gasteiger partial charge in [-0.2, -0.15) is 0 Å². The standard InChI is InChI=1S/C25H23N3O6/c29-21(26-12-20-22(23(30)31)27-14-34-20)11-25(9-10-25)28-24(32)33-13-19-17-7-3-1-5-15(17)16-6-2-4-8-18(16)19/h1-8,14,19H,9-13H2,(H,26,29)(H,28,32)(H,30,31). The van der Waals surface area contributed by atoms with Gasteiger partial charge in [0.1, 0.15) is 6.61 Å². The smallest absolute Gasteiger partial charge is 0.407 e. The van der Waals surface area contributed by atoms with E-state index in [2.05, 4.69) is 39.9 Å². The molecule has 0 aliphatic heterocycles. The third-order valence-corrected chi connectivity index (χ3v) is 6.35. The second-order valence-electron chi connectivity index (χ2n) is 8.61. The summed E-state index contributed by atoms with van der Waals surface area (Å²) in [5.74, 6) is -1.53. The number of aromatic nitrogens is 1. The molecule has 3 aromatic rings. The third-order valence-electron chi connectivity index (χ3n) is 6.35. The molecule has 5 rings (SSSR count). The fourth-order valence-corrected chi connectivity index (χ4v) is 4.47. The van der Waals surface area contributed by atoms with Crippen LogP contribution in [-0.4, -0.2) is 40.2 Å². The first-order chi connectivity index (χ1) is 16.5. The molecule has 2 aliphatic rings. The van der Waals surface area contributed by atoms with Crippen LogP contribution in [0.3, 0.4) is 0 Å². The van der Waals surface area contributed by atoms with Crippen molar-refractivity contribution in [3.8, 4) is 11.1 Å². The molecule has 0 unspecified atom stereocenters. The van der Waals surface area contributed by atoms with E-state index in [0.29, 0.717) is 12.8 Å². The number of carboxylic acids is 1. The zero-order valence-corrected chi connectivity index (χ0v) is 18.2. The molecular weight excluding hydrogens is 438 g/mol. The number of nitrogens with zero attached hydrogens (tertiary/aromatic N) is 1. The van der Waals surface area contributed by atoms with Crippen LogP contribution in [0.5, 0.6) is 0 Å². The van der Waals surface area contributed by atoms with Crippen molar-refractivity contribution in [1.29, 1.82) is 0 Å². The summed E-state index contributed by atoms with van der Waals surface area (Å²) in [6, 6.07) is 16.2. The molecule has 174 valence electrons. The number of carboxylic acid groups (broad SMARTS) is 1. The number of carbonyl (C=O) groups excluding carboxylic acids is 2. The molecule has 1 aromatic heterocycles. The lowest BCUT2D eigenvalue weighted by atomic mass is 9.98. The molecule has 0 radical (unpaired) electrons. The van der Waals surface area contributed by atoms with Gasteiger partial charge < -0.3 is 24.9 Å². The Morgan fingerprint density at radius 2 is 1.71 bits per heavy atom. The van der Waals surface area contributed by atoms with Crippen molar-refractivity contribution in [3.63, 3.8) is 0 Å². The molecule has 1 fully saturated rings. The predicted molar refractivity (Wildman–Crippen MR) is 120 cm³/mol. The minimum absolute atomic E-state index is 0.0399. The van der Waals surface area contributed by atoms with E-state index >= 15 is 0 Å². The summed E-state index contributed by atoms with van der Waals surface area (Å²) in [5.41, 5.74) is 3.68. The minimum atomic E-state index is -1.23. The molecule has 1 saturated carbocycles. The van der Waals surface area contributed by atoms with Gasteiger partial charge in [-0.3, -0.25) is 4.79 Å². The molecule has 2 amide bonds. The lowest BCUT2D eigenvalue weighted by molar-refractivity contribution is -0.122. The van der Waals surface area contributed by atoms with Crippen molar-refractivity contribution in [1.82, 2.24) is 15.6 Å². The molecule has 0 atom stereocenters. The van der Waals surface area contributed by atoms with Crippen LogP contribution in [-0.2, 0) is 16.1 Å². The zero-order chi connectivity index (χ0) is 23.7. The maximum Gasteiger partial charge on any atom is 0.407 e. The zero-order valence-electron chi connectivity index (χ0n) is 18.2. The van der Waals surface area contributed by atoms with Crippen LogP contribution in [0.4, 0.5) is 4.79 Å². The Kier molecular flexibility index (Phi) is 5.53. The van der Waals surface area contributed by atoms with Crippen LogP contribution in [0.1, 0.15) is 52.6 Å². The first-order valence-electron chi connectivity index (χ1n) is 11.0. The van der Waals surface area contributed by atoms with Gasteiger partial charge in [0.15, 0.2) is 17.8 Å². The highest BCUT2D eigenvalue weighted by Crippen LogP contribution is 2.44. The van der Waals surface area contributed by atoms with Crippen LogP contribution < -0.4 is 10.6 Å². The van der Waals surface area contributed by atoms with Crippen molar-refractivity contribution in [3.05, 3.63) is 77.5 Å². The molecule has 0 spiro atoms. The highest BCUT2D eigenvalue weighted by molar-refractivity contribution is 5.86. The van der Waals surface area contributed by atoms with Crippen LogP contribution in [0.2, 0.25) is 0 Å². The Hall–Kier alpha value is -4.14. The number of carbonyl (C=O) groups is 3. The third kappa shape index (κ3) is 4.24. The summed E-state index contributed by atoms with van der Waals surface area (Å²) >= 11 is 0. The van der Waals surface area contributed by atoms with Gasteiger partial charge in [-0.1, -0.05) is 48.5 Å². The van der Waals surface area contributed by atoms with Crippen molar-refractivity contribution in [2.75, 3.05) is 6.61 Å². The van der Waals surface area contributed by atoms with Gasteiger partial charge in [0.25, 0.3) is 0 Å². The quantitative estimate of drug-likeness (QED) is 0.468. The van der Waals surface area contributed by atoms with Crippen LogP contribution in [0, 0.1) is 0 Å². The molecule has 34 heavy (non-hydrogen) atoms. The second kappa shape index (κ2) is 8.66. The van der Waals surface area contributed by atoms with E-state index in [9.17, 15) is 14.4 Å². The van der Waals surface area contributed by atoms with Gasteiger partial charge in [0.05, 0.1) is 12.1 Å². The fraction of sp³-hybridized carbons (Fsp3) is 0.280. The van der Waals surface area contributed by atoms with E-state index < -0.39 is 17.6 Å². The molecule has 2 aliphatic carbocycles. The number of benzene rings is 2. The van der Waals surface area contributed by atoms with Crippen molar-refractivity contribution in [2.24, 2.45) is 0 Å². The van der Waals surface area contributed by atoms with Crippen LogP contribution in [0.15, 0.2) is 59.3 Å². The summed E-state index contributed by atoms with van der Waals surface area (Å²) < 4.78 is 10.6. The van der Waals surface area contributed by atoms with Crippen molar-refractivity contribution >= 4 is 18.0 Å². The second-order valence-corrected chi connectivity index (χ2v) is 8.61. The van der Waals surface area contributed by atoms with E-state index in [0.717, 1.165) is 28.6 Å². The molecule has 2 aromatic carbocycles. The van der Waals surface area contributed by atoms with Gasteiger partial charge in [0.2, 0.25) is 5.91 Å². The summed E-state index contributed by atoms with van der Waals surface area (Å²) in [4.78, 5) is 39.7. The van der Waals surface area contributed by atoms with Crippen LogP contribution >= 0.6 is 0 Å². The maximum absolute atomic E-state index is 12.6. The van der Waals surface area contributed by atoms with Crippen LogP contribution in [0.25, 0.3) is 11.1 Å². The van der Waals surface area contributed by atoms with E-state index in [1.807, 2.05) is 24.3 Å². The molecule has 1 heterocycles. The molecule has 9 heteroatoms. The SMILES string of the molecule is O=C(CC1(NC(=O)OCC2c3ccccc3-c3ccccc32)CC1)NCc1ocnc1C(=O)O. The van der Waals surface area contributed by atoms with Gasteiger partial charge in [-0.05, 0) is 35.1 Å². The Labute approximate surface area is 195 Å². The fourth-order valence-electron chi connectivity index (χ4n) is 4.47. The lowest BCUT2D eigenvalue weighted by Gasteiger charge is -2.19. The number of fused-ring (bicyclic) bond motifs is 3. The number of aromatic carboxylic acids is 1. The van der Waals surface area contributed by atoms with Gasteiger partial charge in [-0.25, -0.2) is 14.6 Å². The summed E-state index contributed by atoms with van der Waals surface area (Å²) in [6.07, 6.45) is 1.84. The number of ether oxygens (including phenoxy) is 1. The number of nitrogens with one attached hydrogen (secondary N) is 2. The minimum Gasteiger partial charge on any atom is -0.476 e. The number of oxazole rings is 1. The average molecular weight is 461 g/mol. The number of alkyl carbamates (subject to hydrolysis) is 1. The number of amides is 2. The summed E-state index contributed by atoms with van der Waals surface area (Å²) in [5, 5.41) is 14.5. The molecular formula is C25H23N3O6. The van der Waals surface area contributed by atoms with Crippen molar-refractivity contribution in [2.45, 2.75) is 37.3 Å². The summed E-state index contributed by atoms with van der Waals surface area (Å²) in [6.45, 7) is 0.104. The first kappa shape index (κ1) is 21.7. The molecule has 9 nitrogen and oxygen atoms in total. The molecule has 0 bridgehead atoms. The van der Waals surface area contributed by atoms with E-state index in [1.165, 1.54) is 0 Å². The Balaban J connectivity index is 1.15. The average Bonchev–Trinajstić information content (AvgIpc) is 3.28. The first-order valence-corrected chi connectivity index (χ1v) is 11.0. The Morgan fingerprint density at radius 1 is 1.06 bits per heavy atom. The van der Waals surface area contributed by atoms with E-state index in [-0.39, 0.29) is 42.9 Å². The van der Waals surface area contributed by atoms with E-state index in [4.69, 9.17) is 14.3 Å². The normalized spacial score (nSPS) is 15.2. The molecule has 0 saturated heterocycles. The number of rotatable bonds is 8. The number of hydrogen-bond acceptors (Lipinski definition) is 6. The van der Waals surface area contributed by atoms with Gasteiger partial charge >= 0.3 is 12.1 Å².